The summed E-state index contributed by atoms with van der Waals surface area (Å²) in [5.74, 6) is 1.31. The largest absolute Gasteiger partial charge is 0.493 e. The number of amides is 2. The highest BCUT2D eigenvalue weighted by Crippen LogP contribution is 2.28. The minimum atomic E-state index is 0.00201. The second kappa shape index (κ2) is 9.75. The molecule has 0 bridgehead atoms. The number of hydrogen-bond donors (Lipinski definition) is 1. The number of nitrogens with one attached hydrogen (secondary N) is 1. The molecule has 0 unspecified atom stereocenters. The zero-order chi connectivity index (χ0) is 21.8. The summed E-state index contributed by atoms with van der Waals surface area (Å²) in [5, 5.41) is 3.85. The van der Waals surface area contributed by atoms with Crippen LogP contribution < -0.4 is 10.1 Å². The third-order valence-corrected chi connectivity index (χ3v) is 6.49. The van der Waals surface area contributed by atoms with Gasteiger partial charge in [0.15, 0.2) is 0 Å². The van der Waals surface area contributed by atoms with Crippen molar-refractivity contribution in [2.75, 3.05) is 25.0 Å². The number of carbonyl (C=O) groups is 2. The zero-order valence-corrected chi connectivity index (χ0v) is 18.6. The Morgan fingerprint density at radius 3 is 2.68 bits per heavy atom. The first-order chi connectivity index (χ1) is 15.0. The smallest absolute Gasteiger partial charge is 0.246 e. The molecule has 0 aromatic heterocycles. The monoisotopic (exact) mass is 458 g/mol. The van der Waals surface area contributed by atoms with Crippen molar-refractivity contribution in [2.45, 2.75) is 25.7 Å². The lowest BCUT2D eigenvalue weighted by Gasteiger charge is -2.31. The summed E-state index contributed by atoms with van der Waals surface area (Å²) in [5.41, 5.74) is 2.84. The Kier molecular flexibility index (Phi) is 6.83. The summed E-state index contributed by atoms with van der Waals surface area (Å²) in [6.07, 6.45) is 6.43. The molecule has 4 rings (SSSR count). The van der Waals surface area contributed by atoms with E-state index >= 15 is 0 Å². The van der Waals surface area contributed by atoms with Crippen LogP contribution in [0.5, 0.6) is 5.75 Å². The molecule has 0 spiro atoms. The molecule has 162 valence electrons. The van der Waals surface area contributed by atoms with Gasteiger partial charge in [0.25, 0.3) is 0 Å². The molecular formula is C24H24Cl2N2O3. The summed E-state index contributed by atoms with van der Waals surface area (Å²) in [6, 6.07) is 11.1. The summed E-state index contributed by atoms with van der Waals surface area (Å²) >= 11 is 11.9. The van der Waals surface area contributed by atoms with E-state index in [1.165, 1.54) is 0 Å². The van der Waals surface area contributed by atoms with E-state index in [2.05, 4.69) is 5.32 Å². The van der Waals surface area contributed by atoms with Crippen LogP contribution in [0.3, 0.4) is 0 Å². The highest BCUT2D eigenvalue weighted by Gasteiger charge is 2.22. The molecule has 0 radical (unpaired) electrons. The molecule has 2 amide bonds. The molecular weight excluding hydrogens is 435 g/mol. The maximum absolute atomic E-state index is 12.5. The quantitative estimate of drug-likeness (QED) is 0.625. The topological polar surface area (TPSA) is 58.6 Å². The maximum atomic E-state index is 12.5. The molecule has 0 atom stereocenters. The fourth-order valence-corrected chi connectivity index (χ4v) is 4.18. The fraction of sp³-hybridized carbons (Fsp3) is 0.333. The number of carbonyl (C=O) groups excluding carboxylic acids is 2. The van der Waals surface area contributed by atoms with Crippen molar-refractivity contribution in [3.05, 3.63) is 63.6 Å². The second-order valence-corrected chi connectivity index (χ2v) is 8.77. The Bertz CT molecular complexity index is 1010. The molecule has 2 aromatic carbocycles. The van der Waals surface area contributed by atoms with Gasteiger partial charge in [-0.1, -0.05) is 29.3 Å². The van der Waals surface area contributed by atoms with Gasteiger partial charge < -0.3 is 15.0 Å². The minimum absolute atomic E-state index is 0.00201. The summed E-state index contributed by atoms with van der Waals surface area (Å²) in [6.45, 7) is 2.07. The third-order valence-electron chi connectivity index (χ3n) is 5.75. The Balaban J connectivity index is 1.24. The predicted octanol–water partition coefficient (Wildman–Crippen LogP) is 5.21. The molecule has 2 heterocycles. The highest BCUT2D eigenvalue weighted by molar-refractivity contribution is 6.42. The number of halogens is 2. The van der Waals surface area contributed by atoms with Gasteiger partial charge in [-0.05, 0) is 72.7 Å². The highest BCUT2D eigenvalue weighted by atomic mass is 35.5. The number of nitrogens with zero attached hydrogens (tertiary/aromatic N) is 1. The molecule has 5 nitrogen and oxygen atoms in total. The number of hydrogen-bond acceptors (Lipinski definition) is 3. The Hall–Kier alpha value is -2.50. The van der Waals surface area contributed by atoms with E-state index in [-0.39, 0.29) is 11.8 Å². The lowest BCUT2D eigenvalue weighted by atomic mass is 9.97. The first-order valence-corrected chi connectivity index (χ1v) is 11.2. The zero-order valence-electron chi connectivity index (χ0n) is 17.1. The number of benzene rings is 2. The van der Waals surface area contributed by atoms with Crippen LogP contribution in [0.2, 0.25) is 10.0 Å². The molecule has 31 heavy (non-hydrogen) atoms. The summed E-state index contributed by atoms with van der Waals surface area (Å²) < 4.78 is 6.01. The number of anilines is 1. The third kappa shape index (κ3) is 5.60. The van der Waals surface area contributed by atoms with E-state index in [4.69, 9.17) is 27.9 Å². The number of rotatable bonds is 5. The standard InChI is InChI=1S/C24H24Cl2N2O3/c25-20-5-1-16(13-21(20)26)2-8-24(30)28-11-9-17(10-12-28)15-31-19-4-6-22-18(14-19)3-7-23(29)27-22/h1-2,4-6,8,13-14,17H,3,7,9-12,15H2,(H,27,29)/b8-2+. The van der Waals surface area contributed by atoms with Gasteiger partial charge in [0, 0.05) is 31.3 Å². The van der Waals surface area contributed by atoms with Crippen molar-refractivity contribution in [3.8, 4) is 5.75 Å². The molecule has 0 aliphatic carbocycles. The van der Waals surface area contributed by atoms with E-state index in [9.17, 15) is 9.59 Å². The van der Waals surface area contributed by atoms with Gasteiger partial charge in [0.05, 0.1) is 16.7 Å². The Labute approximate surface area is 192 Å². The molecule has 2 aliphatic rings. The molecule has 7 heteroatoms. The lowest BCUT2D eigenvalue weighted by molar-refractivity contribution is -0.127. The first-order valence-electron chi connectivity index (χ1n) is 10.5. The normalized spacial score (nSPS) is 16.8. The summed E-state index contributed by atoms with van der Waals surface area (Å²) in [4.78, 5) is 25.8. The predicted molar refractivity (Wildman–Crippen MR) is 124 cm³/mol. The number of aryl methyl sites for hydroxylation is 1. The van der Waals surface area contributed by atoms with Crippen LogP contribution in [0.4, 0.5) is 5.69 Å². The molecule has 1 saturated heterocycles. The Morgan fingerprint density at radius 1 is 1.10 bits per heavy atom. The Morgan fingerprint density at radius 2 is 1.90 bits per heavy atom. The average molecular weight is 459 g/mol. The van der Waals surface area contributed by atoms with Crippen LogP contribution in [-0.2, 0) is 16.0 Å². The van der Waals surface area contributed by atoms with Gasteiger partial charge in [0.2, 0.25) is 11.8 Å². The lowest BCUT2D eigenvalue weighted by Crippen LogP contribution is -2.38. The van der Waals surface area contributed by atoms with Crippen LogP contribution in [-0.4, -0.2) is 36.4 Å². The number of piperidine rings is 1. The number of fused-ring (bicyclic) bond motifs is 1. The first kappa shape index (κ1) is 21.7. The van der Waals surface area contributed by atoms with Crippen LogP contribution >= 0.6 is 23.2 Å². The van der Waals surface area contributed by atoms with Crippen LogP contribution in [0.25, 0.3) is 6.08 Å². The van der Waals surface area contributed by atoms with Gasteiger partial charge in [-0.3, -0.25) is 9.59 Å². The molecule has 1 N–H and O–H groups in total. The van der Waals surface area contributed by atoms with E-state index in [1.807, 2.05) is 29.2 Å². The SMILES string of the molecule is O=C1CCc2cc(OCC3CCN(C(=O)/C=C/c4ccc(Cl)c(Cl)c4)CC3)ccc2N1. The van der Waals surface area contributed by atoms with Crippen LogP contribution in [0.1, 0.15) is 30.4 Å². The van der Waals surface area contributed by atoms with Crippen molar-refractivity contribution >= 4 is 46.8 Å². The second-order valence-electron chi connectivity index (χ2n) is 7.95. The van der Waals surface area contributed by atoms with Crippen molar-refractivity contribution in [3.63, 3.8) is 0 Å². The number of ether oxygens (including phenoxy) is 1. The van der Waals surface area contributed by atoms with Gasteiger partial charge in [-0.2, -0.15) is 0 Å². The van der Waals surface area contributed by atoms with Gasteiger partial charge >= 0.3 is 0 Å². The fourth-order valence-electron chi connectivity index (χ4n) is 3.87. The molecule has 0 saturated carbocycles. The van der Waals surface area contributed by atoms with Crippen LogP contribution in [0, 0.1) is 5.92 Å². The summed E-state index contributed by atoms with van der Waals surface area (Å²) in [7, 11) is 0. The van der Waals surface area contributed by atoms with Gasteiger partial charge in [0.1, 0.15) is 5.75 Å². The van der Waals surface area contributed by atoms with Crippen molar-refractivity contribution in [2.24, 2.45) is 5.92 Å². The van der Waals surface area contributed by atoms with E-state index in [1.54, 1.807) is 24.3 Å². The molecule has 2 aromatic rings. The van der Waals surface area contributed by atoms with E-state index in [0.717, 1.165) is 54.9 Å². The van der Waals surface area contributed by atoms with Gasteiger partial charge in [-0.25, -0.2) is 0 Å². The van der Waals surface area contributed by atoms with E-state index < -0.39 is 0 Å². The average Bonchev–Trinajstić information content (AvgIpc) is 2.78. The molecule has 1 fully saturated rings. The molecule has 2 aliphatic heterocycles. The number of likely N-dealkylation sites (tertiary alicyclic amines) is 1. The van der Waals surface area contributed by atoms with Gasteiger partial charge in [-0.15, -0.1) is 0 Å². The van der Waals surface area contributed by atoms with E-state index in [0.29, 0.717) is 29.0 Å². The minimum Gasteiger partial charge on any atom is -0.493 e. The van der Waals surface area contributed by atoms with Crippen LogP contribution in [0.15, 0.2) is 42.5 Å². The maximum Gasteiger partial charge on any atom is 0.246 e. The van der Waals surface area contributed by atoms with Crippen molar-refractivity contribution in [1.82, 2.24) is 4.90 Å². The van der Waals surface area contributed by atoms with Crippen molar-refractivity contribution in [1.29, 1.82) is 0 Å². The van der Waals surface area contributed by atoms with Crippen molar-refractivity contribution < 1.29 is 14.3 Å².